The van der Waals surface area contributed by atoms with Gasteiger partial charge in [-0.25, -0.2) is 8.78 Å². The summed E-state index contributed by atoms with van der Waals surface area (Å²) in [6, 6.07) is 1.25. The lowest BCUT2D eigenvalue weighted by Gasteiger charge is -2.10. The standard InChI is InChI=1S/C10H9BrF2INO2/c1-17-8(16)3-5-2-6(10(12)13)9(14)7(4-11)15-5/h2,10H,3-4H2,1H3. The van der Waals surface area contributed by atoms with Crippen LogP contribution < -0.4 is 0 Å². The summed E-state index contributed by atoms with van der Waals surface area (Å²) in [6.07, 6.45) is -2.69. The molecule has 1 heterocycles. The zero-order valence-electron chi connectivity index (χ0n) is 8.84. The smallest absolute Gasteiger partial charge is 0.311 e. The van der Waals surface area contributed by atoms with Crippen LogP contribution in [0.5, 0.6) is 0 Å². The first kappa shape index (κ1) is 14.7. The maximum atomic E-state index is 12.8. The number of esters is 1. The molecule has 3 nitrogen and oxygen atoms in total. The van der Waals surface area contributed by atoms with Gasteiger partial charge >= 0.3 is 5.97 Å². The molecular formula is C10H9BrF2INO2. The number of rotatable bonds is 4. The third kappa shape index (κ3) is 3.84. The number of hydrogen-bond acceptors (Lipinski definition) is 3. The van der Waals surface area contributed by atoms with Crippen LogP contribution in [0.3, 0.4) is 0 Å². The molecule has 0 saturated heterocycles. The van der Waals surface area contributed by atoms with Crippen molar-refractivity contribution in [3.8, 4) is 0 Å². The van der Waals surface area contributed by atoms with Gasteiger partial charge in [-0.15, -0.1) is 0 Å². The number of alkyl halides is 3. The number of halogens is 4. The molecule has 0 spiro atoms. The molecule has 0 bridgehead atoms. The minimum Gasteiger partial charge on any atom is -0.469 e. The zero-order valence-corrected chi connectivity index (χ0v) is 12.6. The average Bonchev–Trinajstić information content (AvgIpc) is 2.30. The minimum atomic E-state index is -2.58. The number of pyridine rings is 1. The first-order valence-electron chi connectivity index (χ1n) is 4.58. The molecular weight excluding hydrogens is 411 g/mol. The van der Waals surface area contributed by atoms with E-state index in [1.807, 2.05) is 22.6 Å². The molecule has 0 saturated carbocycles. The fraction of sp³-hybridized carbons (Fsp3) is 0.400. The Kier molecular flexibility index (Phi) is 5.71. The molecule has 0 N–H and O–H groups in total. The van der Waals surface area contributed by atoms with Crippen molar-refractivity contribution >= 4 is 44.5 Å². The fourth-order valence-electron chi connectivity index (χ4n) is 1.22. The van der Waals surface area contributed by atoms with Crippen molar-refractivity contribution in [2.45, 2.75) is 18.2 Å². The van der Waals surface area contributed by atoms with Gasteiger partial charge in [0.1, 0.15) is 0 Å². The quantitative estimate of drug-likeness (QED) is 0.427. The Morgan fingerprint density at radius 3 is 2.76 bits per heavy atom. The number of aromatic nitrogens is 1. The second-order valence-corrected chi connectivity index (χ2v) is 4.79. The molecule has 0 fully saturated rings. The summed E-state index contributed by atoms with van der Waals surface area (Å²) in [5, 5.41) is 0.361. The largest absolute Gasteiger partial charge is 0.469 e. The van der Waals surface area contributed by atoms with Crippen LogP contribution in [0.4, 0.5) is 8.78 Å². The number of nitrogens with zero attached hydrogens (tertiary/aromatic N) is 1. The normalized spacial score (nSPS) is 10.7. The molecule has 0 aromatic carbocycles. The monoisotopic (exact) mass is 419 g/mol. The zero-order chi connectivity index (χ0) is 13.0. The predicted octanol–water partition coefficient (Wildman–Crippen LogP) is 3.23. The van der Waals surface area contributed by atoms with Gasteiger partial charge in [-0.3, -0.25) is 9.78 Å². The third-order valence-corrected chi connectivity index (χ3v) is 3.80. The lowest BCUT2D eigenvalue weighted by atomic mass is 10.1. The summed E-state index contributed by atoms with van der Waals surface area (Å²) < 4.78 is 30.5. The molecule has 94 valence electrons. The van der Waals surface area contributed by atoms with E-state index >= 15 is 0 Å². The SMILES string of the molecule is COC(=O)Cc1cc(C(F)F)c(I)c(CBr)n1. The van der Waals surface area contributed by atoms with Crippen LogP contribution in [0, 0.1) is 3.57 Å². The summed E-state index contributed by atoms with van der Waals surface area (Å²) in [4.78, 5) is 15.2. The van der Waals surface area contributed by atoms with Gasteiger partial charge in [0.2, 0.25) is 0 Å². The fourth-order valence-corrected chi connectivity index (χ4v) is 2.85. The lowest BCUT2D eigenvalue weighted by Crippen LogP contribution is -2.09. The molecule has 7 heteroatoms. The van der Waals surface area contributed by atoms with Crippen LogP contribution in [-0.4, -0.2) is 18.1 Å². The van der Waals surface area contributed by atoms with E-state index in [4.69, 9.17) is 0 Å². The highest BCUT2D eigenvalue weighted by Crippen LogP contribution is 2.28. The molecule has 1 aromatic heterocycles. The Labute approximate surface area is 119 Å². The van der Waals surface area contributed by atoms with Crippen molar-refractivity contribution in [1.82, 2.24) is 4.98 Å². The number of carbonyl (C=O) groups excluding carboxylic acids is 1. The van der Waals surface area contributed by atoms with Crippen molar-refractivity contribution in [2.24, 2.45) is 0 Å². The minimum absolute atomic E-state index is 0.103. The van der Waals surface area contributed by atoms with E-state index < -0.39 is 12.4 Å². The van der Waals surface area contributed by atoms with E-state index in [-0.39, 0.29) is 12.0 Å². The number of carbonyl (C=O) groups is 1. The van der Waals surface area contributed by atoms with Gasteiger partial charge in [-0.2, -0.15) is 0 Å². The molecule has 0 aliphatic rings. The Balaban J connectivity index is 3.15. The van der Waals surface area contributed by atoms with Crippen molar-refractivity contribution in [3.63, 3.8) is 0 Å². The van der Waals surface area contributed by atoms with E-state index in [2.05, 4.69) is 25.7 Å². The van der Waals surface area contributed by atoms with E-state index in [0.29, 0.717) is 20.3 Å². The lowest BCUT2D eigenvalue weighted by molar-refractivity contribution is -0.139. The van der Waals surface area contributed by atoms with Gasteiger partial charge in [0, 0.05) is 14.5 Å². The second kappa shape index (κ2) is 6.58. The Hall–Kier alpha value is -0.310. The molecule has 17 heavy (non-hydrogen) atoms. The van der Waals surface area contributed by atoms with E-state index in [1.165, 1.54) is 13.2 Å². The molecule has 1 aromatic rings. The van der Waals surface area contributed by atoms with Crippen LogP contribution in [0.2, 0.25) is 0 Å². The predicted molar refractivity (Wildman–Crippen MR) is 70.3 cm³/mol. The second-order valence-electron chi connectivity index (χ2n) is 3.15. The maximum absolute atomic E-state index is 12.8. The van der Waals surface area contributed by atoms with Gasteiger partial charge in [0.15, 0.2) is 0 Å². The Bertz CT molecular complexity index is 429. The molecule has 0 atom stereocenters. The Morgan fingerprint density at radius 1 is 1.65 bits per heavy atom. The summed E-state index contributed by atoms with van der Waals surface area (Å²) in [6.45, 7) is 0. The highest BCUT2D eigenvalue weighted by atomic mass is 127. The van der Waals surface area contributed by atoms with Gasteiger partial charge in [0.25, 0.3) is 6.43 Å². The van der Waals surface area contributed by atoms with Gasteiger partial charge in [-0.05, 0) is 28.7 Å². The van der Waals surface area contributed by atoms with Crippen LogP contribution in [0.15, 0.2) is 6.07 Å². The average molecular weight is 420 g/mol. The summed E-state index contributed by atoms with van der Waals surface area (Å²) >= 11 is 5.01. The summed E-state index contributed by atoms with van der Waals surface area (Å²) in [5.41, 5.74) is 0.693. The summed E-state index contributed by atoms with van der Waals surface area (Å²) in [7, 11) is 1.24. The van der Waals surface area contributed by atoms with Gasteiger partial charge < -0.3 is 4.74 Å². The Morgan fingerprint density at radius 2 is 2.29 bits per heavy atom. The number of methoxy groups -OCH3 is 1. The first-order chi connectivity index (χ1) is 7.99. The van der Waals surface area contributed by atoms with E-state index in [0.717, 1.165) is 0 Å². The number of ether oxygens (including phenoxy) is 1. The topological polar surface area (TPSA) is 39.2 Å². The van der Waals surface area contributed by atoms with Crippen LogP contribution >= 0.6 is 38.5 Å². The van der Waals surface area contributed by atoms with E-state index in [9.17, 15) is 13.6 Å². The number of hydrogen-bond donors (Lipinski definition) is 0. The van der Waals surface area contributed by atoms with Crippen LogP contribution in [-0.2, 0) is 21.3 Å². The highest BCUT2D eigenvalue weighted by molar-refractivity contribution is 14.1. The van der Waals surface area contributed by atoms with Crippen LogP contribution in [0.25, 0.3) is 0 Å². The van der Waals surface area contributed by atoms with Gasteiger partial charge in [0.05, 0.1) is 24.9 Å². The maximum Gasteiger partial charge on any atom is 0.311 e. The molecule has 0 radical (unpaired) electrons. The molecule has 0 aliphatic carbocycles. The van der Waals surface area contributed by atoms with Crippen molar-refractivity contribution in [3.05, 3.63) is 26.6 Å². The van der Waals surface area contributed by atoms with Crippen molar-refractivity contribution < 1.29 is 18.3 Å². The highest BCUT2D eigenvalue weighted by Gasteiger charge is 2.18. The molecule has 1 rings (SSSR count). The van der Waals surface area contributed by atoms with Gasteiger partial charge in [-0.1, -0.05) is 15.9 Å². The summed E-state index contributed by atoms with van der Waals surface area (Å²) in [5.74, 6) is -0.501. The molecule has 0 aliphatic heterocycles. The molecule has 0 unspecified atom stereocenters. The molecule has 0 amide bonds. The van der Waals surface area contributed by atoms with E-state index in [1.54, 1.807) is 0 Å². The van der Waals surface area contributed by atoms with Crippen LogP contribution in [0.1, 0.15) is 23.4 Å². The van der Waals surface area contributed by atoms with Crippen molar-refractivity contribution in [2.75, 3.05) is 7.11 Å². The first-order valence-corrected chi connectivity index (χ1v) is 6.78. The van der Waals surface area contributed by atoms with Crippen molar-refractivity contribution in [1.29, 1.82) is 0 Å². The third-order valence-electron chi connectivity index (χ3n) is 2.02.